The van der Waals surface area contributed by atoms with Crippen LogP contribution in [0.4, 0.5) is 5.69 Å². The first-order valence-electron chi connectivity index (χ1n) is 5.92. The maximum absolute atomic E-state index is 11.1. The Balaban J connectivity index is 2.14. The fourth-order valence-corrected chi connectivity index (χ4v) is 2.22. The molecule has 1 unspecified atom stereocenters. The summed E-state index contributed by atoms with van der Waals surface area (Å²) in [5.41, 5.74) is 0.824. The van der Waals surface area contributed by atoms with E-state index in [1.54, 1.807) is 12.3 Å². The van der Waals surface area contributed by atoms with Gasteiger partial charge in [-0.05, 0) is 31.9 Å². The molecule has 1 fully saturated rings. The molecule has 4 nitrogen and oxygen atoms in total. The second-order valence-electron chi connectivity index (χ2n) is 4.98. The summed E-state index contributed by atoms with van der Waals surface area (Å²) in [6.07, 6.45) is 3.52. The van der Waals surface area contributed by atoms with Gasteiger partial charge in [-0.2, -0.15) is 0 Å². The van der Waals surface area contributed by atoms with Crippen molar-refractivity contribution in [1.29, 1.82) is 0 Å². The van der Waals surface area contributed by atoms with Crippen LogP contribution < -0.4 is 4.90 Å². The predicted molar refractivity (Wildman–Crippen MR) is 66.3 cm³/mol. The number of nitrogens with zero attached hydrogens (tertiary/aromatic N) is 2. The Kier molecular flexibility index (Phi) is 3.15. The third-order valence-corrected chi connectivity index (χ3v) is 3.15. The molecule has 1 aromatic rings. The van der Waals surface area contributed by atoms with Gasteiger partial charge in [0.05, 0.1) is 17.5 Å². The lowest BCUT2D eigenvalue weighted by molar-refractivity contribution is 0.0449. The second-order valence-corrected chi connectivity index (χ2v) is 4.98. The molecule has 1 N–H and O–H groups in total. The van der Waals surface area contributed by atoms with Gasteiger partial charge in [0.1, 0.15) is 5.69 Å². The van der Waals surface area contributed by atoms with E-state index in [2.05, 4.69) is 9.88 Å². The predicted octanol–water partition coefficient (Wildman–Crippen LogP) is 1.64. The minimum Gasteiger partial charge on any atom is -0.388 e. The van der Waals surface area contributed by atoms with Crippen molar-refractivity contribution in [2.45, 2.75) is 32.3 Å². The van der Waals surface area contributed by atoms with Gasteiger partial charge in [0, 0.05) is 20.0 Å². The molecule has 0 saturated carbocycles. The van der Waals surface area contributed by atoms with Crippen LogP contribution in [0.1, 0.15) is 37.2 Å². The molecule has 0 spiro atoms. The van der Waals surface area contributed by atoms with Gasteiger partial charge in [-0.25, -0.2) is 0 Å². The maximum atomic E-state index is 11.1. The number of carbonyl (C=O) groups is 1. The van der Waals surface area contributed by atoms with Gasteiger partial charge < -0.3 is 10.0 Å². The molecule has 92 valence electrons. The number of Topliss-reactive ketones (excluding diaryl/α,β-unsaturated/α-hetero) is 1. The summed E-state index contributed by atoms with van der Waals surface area (Å²) in [6.45, 7) is 4.91. The zero-order valence-electron chi connectivity index (χ0n) is 10.3. The third-order valence-electron chi connectivity index (χ3n) is 3.15. The lowest BCUT2D eigenvalue weighted by atomic mass is 9.95. The molecule has 4 heteroatoms. The minimum atomic E-state index is -0.627. The normalized spacial score (nSPS) is 24.8. The summed E-state index contributed by atoms with van der Waals surface area (Å²) in [4.78, 5) is 17.4. The standard InChI is InChI=1S/C13H18N2O2/c1-10(16)12-5-4-11(8-14-12)15-7-3-6-13(2,17)9-15/h4-5,8,17H,3,6-7,9H2,1-2H3. The number of hydrogen-bond donors (Lipinski definition) is 1. The number of aromatic nitrogens is 1. The van der Waals surface area contributed by atoms with E-state index in [0.29, 0.717) is 12.2 Å². The van der Waals surface area contributed by atoms with E-state index >= 15 is 0 Å². The molecule has 1 aromatic heterocycles. The molecule has 2 heterocycles. The fourth-order valence-electron chi connectivity index (χ4n) is 2.22. The molecule has 17 heavy (non-hydrogen) atoms. The maximum Gasteiger partial charge on any atom is 0.178 e. The van der Waals surface area contributed by atoms with Crippen molar-refractivity contribution in [2.24, 2.45) is 0 Å². The summed E-state index contributed by atoms with van der Waals surface area (Å²) in [7, 11) is 0. The van der Waals surface area contributed by atoms with E-state index in [-0.39, 0.29) is 5.78 Å². The molecule has 1 saturated heterocycles. The van der Waals surface area contributed by atoms with Crippen LogP contribution in [0.15, 0.2) is 18.3 Å². The highest BCUT2D eigenvalue weighted by Crippen LogP contribution is 2.25. The number of rotatable bonds is 2. The van der Waals surface area contributed by atoms with Crippen molar-refractivity contribution >= 4 is 11.5 Å². The molecule has 0 bridgehead atoms. The van der Waals surface area contributed by atoms with Crippen LogP contribution in [0, 0.1) is 0 Å². The quantitative estimate of drug-likeness (QED) is 0.790. The van der Waals surface area contributed by atoms with Gasteiger partial charge >= 0.3 is 0 Å². The van der Waals surface area contributed by atoms with Crippen molar-refractivity contribution in [2.75, 3.05) is 18.0 Å². The SMILES string of the molecule is CC(=O)c1ccc(N2CCCC(C)(O)C2)cn1. The monoisotopic (exact) mass is 234 g/mol. The van der Waals surface area contributed by atoms with Crippen LogP contribution in [0.2, 0.25) is 0 Å². The third kappa shape index (κ3) is 2.82. The second kappa shape index (κ2) is 4.45. The highest BCUT2D eigenvalue weighted by molar-refractivity contribution is 5.92. The lowest BCUT2D eigenvalue weighted by Gasteiger charge is -2.38. The zero-order valence-corrected chi connectivity index (χ0v) is 10.3. The largest absolute Gasteiger partial charge is 0.388 e. The summed E-state index contributed by atoms with van der Waals surface area (Å²) < 4.78 is 0. The number of pyridine rings is 1. The van der Waals surface area contributed by atoms with Crippen molar-refractivity contribution in [3.63, 3.8) is 0 Å². The Labute approximate surface area is 101 Å². The van der Waals surface area contributed by atoms with Gasteiger partial charge in [0.2, 0.25) is 0 Å². The number of piperidine rings is 1. The summed E-state index contributed by atoms with van der Waals surface area (Å²) in [6, 6.07) is 3.63. The number of β-amino-alcohol motifs (C(OH)–C–C–N with tert-alkyl or cyclic N) is 1. The smallest absolute Gasteiger partial charge is 0.178 e. The average Bonchev–Trinajstić information content (AvgIpc) is 2.28. The highest BCUT2D eigenvalue weighted by Gasteiger charge is 2.28. The van der Waals surface area contributed by atoms with Gasteiger partial charge in [0.25, 0.3) is 0 Å². The molecule has 1 aliphatic rings. The molecular formula is C13H18N2O2. The molecule has 1 atom stereocenters. The Hall–Kier alpha value is -1.42. The molecular weight excluding hydrogens is 216 g/mol. The molecule has 1 aliphatic heterocycles. The van der Waals surface area contributed by atoms with Crippen LogP contribution in [0.5, 0.6) is 0 Å². The van der Waals surface area contributed by atoms with E-state index < -0.39 is 5.60 Å². The van der Waals surface area contributed by atoms with Gasteiger partial charge in [-0.3, -0.25) is 9.78 Å². The number of aliphatic hydroxyl groups is 1. The number of hydrogen-bond acceptors (Lipinski definition) is 4. The van der Waals surface area contributed by atoms with Crippen LogP contribution >= 0.6 is 0 Å². The number of carbonyl (C=O) groups excluding carboxylic acids is 1. The van der Waals surface area contributed by atoms with Crippen molar-refractivity contribution < 1.29 is 9.90 Å². The number of anilines is 1. The van der Waals surface area contributed by atoms with E-state index in [9.17, 15) is 9.90 Å². The highest BCUT2D eigenvalue weighted by atomic mass is 16.3. The van der Waals surface area contributed by atoms with Crippen LogP contribution in [0.25, 0.3) is 0 Å². The van der Waals surface area contributed by atoms with Crippen molar-refractivity contribution in [1.82, 2.24) is 4.98 Å². The van der Waals surface area contributed by atoms with Crippen LogP contribution in [0.3, 0.4) is 0 Å². The zero-order chi connectivity index (χ0) is 12.5. The Bertz CT molecular complexity index is 412. The first-order valence-corrected chi connectivity index (χ1v) is 5.92. The Morgan fingerprint density at radius 1 is 1.53 bits per heavy atom. The molecule has 0 amide bonds. The van der Waals surface area contributed by atoms with Crippen molar-refractivity contribution in [3.8, 4) is 0 Å². The van der Waals surface area contributed by atoms with Crippen molar-refractivity contribution in [3.05, 3.63) is 24.0 Å². The first-order chi connectivity index (χ1) is 7.98. The first kappa shape index (κ1) is 12.0. The molecule has 0 aromatic carbocycles. The fraction of sp³-hybridized carbons (Fsp3) is 0.538. The lowest BCUT2D eigenvalue weighted by Crippen LogP contribution is -2.46. The van der Waals surface area contributed by atoms with E-state index in [1.807, 2.05) is 13.0 Å². The van der Waals surface area contributed by atoms with Gasteiger partial charge in [-0.1, -0.05) is 0 Å². The van der Waals surface area contributed by atoms with Crippen LogP contribution in [-0.4, -0.2) is 34.6 Å². The number of ketones is 1. The summed E-state index contributed by atoms with van der Waals surface area (Å²) >= 11 is 0. The topological polar surface area (TPSA) is 53.4 Å². The molecule has 0 radical (unpaired) electrons. The molecule has 2 rings (SSSR count). The summed E-state index contributed by atoms with van der Waals surface area (Å²) in [5.74, 6) is -0.0257. The Morgan fingerprint density at radius 3 is 2.82 bits per heavy atom. The Morgan fingerprint density at radius 2 is 2.29 bits per heavy atom. The van der Waals surface area contributed by atoms with E-state index in [0.717, 1.165) is 25.1 Å². The summed E-state index contributed by atoms with van der Waals surface area (Å²) in [5, 5.41) is 10.0. The minimum absolute atomic E-state index is 0.0257. The average molecular weight is 234 g/mol. The molecule has 0 aliphatic carbocycles. The van der Waals surface area contributed by atoms with Crippen LogP contribution in [-0.2, 0) is 0 Å². The van der Waals surface area contributed by atoms with Gasteiger partial charge in [0.15, 0.2) is 5.78 Å². The van der Waals surface area contributed by atoms with Gasteiger partial charge in [-0.15, -0.1) is 0 Å². The van der Waals surface area contributed by atoms with E-state index in [4.69, 9.17) is 0 Å². The van der Waals surface area contributed by atoms with E-state index in [1.165, 1.54) is 6.92 Å².